The third-order valence-electron chi connectivity index (χ3n) is 7.55. The number of thiophene rings is 1. The van der Waals surface area contributed by atoms with Gasteiger partial charge >= 0.3 is 5.97 Å². The molecule has 1 atom stereocenters. The van der Waals surface area contributed by atoms with Gasteiger partial charge in [-0.15, -0.1) is 11.3 Å². The normalized spacial score (nSPS) is 12.2. The number of esters is 1. The number of ether oxygens (including phenoxy) is 2. The van der Waals surface area contributed by atoms with Gasteiger partial charge in [0.25, 0.3) is 0 Å². The van der Waals surface area contributed by atoms with Gasteiger partial charge in [0.05, 0.1) is 11.8 Å². The van der Waals surface area contributed by atoms with Crippen LogP contribution in [-0.2, 0) is 28.8 Å². The highest BCUT2D eigenvalue weighted by Gasteiger charge is 2.26. The van der Waals surface area contributed by atoms with E-state index in [2.05, 4.69) is 80.0 Å². The number of rotatable bonds is 8. The van der Waals surface area contributed by atoms with E-state index in [1.54, 1.807) is 0 Å². The molecule has 0 saturated heterocycles. The van der Waals surface area contributed by atoms with E-state index in [9.17, 15) is 4.79 Å². The molecule has 0 aliphatic carbocycles. The van der Waals surface area contributed by atoms with Crippen molar-refractivity contribution in [3.8, 4) is 16.9 Å². The summed E-state index contributed by atoms with van der Waals surface area (Å²) in [4.78, 5) is 14.2. The van der Waals surface area contributed by atoms with Crippen LogP contribution in [0.4, 0.5) is 0 Å². The van der Waals surface area contributed by atoms with Crippen LogP contribution >= 0.6 is 27.3 Å². The van der Waals surface area contributed by atoms with Crippen LogP contribution in [0.3, 0.4) is 0 Å². The van der Waals surface area contributed by atoms with Gasteiger partial charge in [0.1, 0.15) is 5.75 Å². The first-order chi connectivity index (χ1) is 18.9. The Morgan fingerprint density at radius 2 is 1.54 bits per heavy atom. The SMILES string of the molecule is CCc1cc(-c2c3ccccc3c(Br)c3sc(C)c(C)c23)cc(CC)c1O[C@H](Cc1ccccc1)C(=O)OC. The van der Waals surface area contributed by atoms with Gasteiger partial charge in [-0.25, -0.2) is 4.79 Å². The van der Waals surface area contributed by atoms with Crippen LogP contribution in [0.2, 0.25) is 0 Å². The summed E-state index contributed by atoms with van der Waals surface area (Å²) in [5.74, 6) is 0.433. The summed E-state index contributed by atoms with van der Waals surface area (Å²) in [6.45, 7) is 8.71. The van der Waals surface area contributed by atoms with E-state index >= 15 is 0 Å². The lowest BCUT2D eigenvalue weighted by Gasteiger charge is -2.23. The third kappa shape index (κ3) is 5.10. The van der Waals surface area contributed by atoms with Crippen LogP contribution in [0.25, 0.3) is 32.0 Å². The smallest absolute Gasteiger partial charge is 0.347 e. The largest absolute Gasteiger partial charge is 0.478 e. The van der Waals surface area contributed by atoms with E-state index in [4.69, 9.17) is 9.47 Å². The zero-order valence-electron chi connectivity index (χ0n) is 23.1. The summed E-state index contributed by atoms with van der Waals surface area (Å²) in [6.07, 6.45) is 1.30. The molecule has 1 heterocycles. The number of methoxy groups -OCH3 is 1. The number of carbonyl (C=O) groups is 1. The van der Waals surface area contributed by atoms with Crippen molar-refractivity contribution in [2.45, 2.75) is 53.1 Å². The molecule has 0 N–H and O–H groups in total. The second kappa shape index (κ2) is 11.5. The molecule has 0 unspecified atom stereocenters. The Balaban J connectivity index is 1.70. The molecular formula is C34H33BrO3S. The van der Waals surface area contributed by atoms with Crippen LogP contribution in [-0.4, -0.2) is 19.2 Å². The molecule has 0 fully saturated rings. The second-order valence-corrected chi connectivity index (χ2v) is 11.9. The molecule has 0 amide bonds. The van der Waals surface area contributed by atoms with Crippen LogP contribution < -0.4 is 4.74 Å². The van der Waals surface area contributed by atoms with Crippen LogP contribution in [0.1, 0.15) is 41.0 Å². The third-order valence-corrected chi connectivity index (χ3v) is 9.86. The summed E-state index contributed by atoms with van der Waals surface area (Å²) >= 11 is 5.77. The Morgan fingerprint density at radius 3 is 2.15 bits per heavy atom. The number of hydrogen-bond acceptors (Lipinski definition) is 4. The minimum atomic E-state index is -0.721. The van der Waals surface area contributed by atoms with E-state index in [0.29, 0.717) is 6.42 Å². The Morgan fingerprint density at radius 1 is 0.923 bits per heavy atom. The fourth-order valence-corrected chi connectivity index (χ4v) is 7.29. The molecule has 200 valence electrons. The Bertz CT molecular complexity index is 1640. The zero-order valence-corrected chi connectivity index (χ0v) is 25.5. The lowest BCUT2D eigenvalue weighted by Crippen LogP contribution is -2.31. The van der Waals surface area contributed by atoms with E-state index in [-0.39, 0.29) is 5.97 Å². The van der Waals surface area contributed by atoms with Gasteiger partial charge in [-0.2, -0.15) is 0 Å². The monoisotopic (exact) mass is 600 g/mol. The van der Waals surface area contributed by atoms with E-state index in [1.807, 2.05) is 41.7 Å². The first-order valence-corrected chi connectivity index (χ1v) is 15.0. The molecule has 0 radical (unpaired) electrons. The van der Waals surface area contributed by atoms with Crippen molar-refractivity contribution in [3.63, 3.8) is 0 Å². The average molecular weight is 602 g/mol. The number of carbonyl (C=O) groups excluding carboxylic acids is 1. The Hall–Kier alpha value is -3.15. The molecule has 5 heteroatoms. The van der Waals surface area contributed by atoms with Gasteiger partial charge in [-0.3, -0.25) is 0 Å². The Labute approximate surface area is 242 Å². The standard InChI is InChI=1S/C34H33BrO3S/c1-6-23-18-25(30-26-15-11-12-16-27(26)31(35)33-29(30)20(3)21(4)39-33)19-24(7-2)32(23)38-28(34(36)37-5)17-22-13-9-8-10-14-22/h8-16,18-19,28H,6-7,17H2,1-5H3/t28-/m1/s1. The fourth-order valence-electron chi connectivity index (χ4n) is 5.38. The summed E-state index contributed by atoms with van der Waals surface area (Å²) in [7, 11) is 1.42. The van der Waals surface area contributed by atoms with Crippen molar-refractivity contribution < 1.29 is 14.3 Å². The zero-order chi connectivity index (χ0) is 27.7. The van der Waals surface area contributed by atoms with Crippen LogP contribution in [0, 0.1) is 13.8 Å². The van der Waals surface area contributed by atoms with Crippen molar-refractivity contribution in [1.29, 1.82) is 0 Å². The van der Waals surface area contributed by atoms with Crippen molar-refractivity contribution >= 4 is 54.1 Å². The molecule has 5 aromatic rings. The summed E-state index contributed by atoms with van der Waals surface area (Å²) in [6, 6.07) is 23.1. The minimum absolute atomic E-state index is 0.364. The molecule has 3 nitrogen and oxygen atoms in total. The minimum Gasteiger partial charge on any atom is -0.478 e. The Kier molecular flexibility index (Phi) is 8.11. The maximum atomic E-state index is 12.8. The highest BCUT2D eigenvalue weighted by atomic mass is 79.9. The first-order valence-electron chi connectivity index (χ1n) is 13.4. The number of benzene rings is 4. The first kappa shape index (κ1) is 27.4. The van der Waals surface area contributed by atoms with E-state index in [0.717, 1.165) is 39.8 Å². The molecule has 0 saturated carbocycles. The molecule has 5 rings (SSSR count). The number of fused-ring (bicyclic) bond motifs is 2. The molecule has 0 bridgehead atoms. The molecule has 0 aliphatic rings. The lowest BCUT2D eigenvalue weighted by molar-refractivity contribution is -0.148. The van der Waals surface area contributed by atoms with Gasteiger partial charge in [0.2, 0.25) is 0 Å². The van der Waals surface area contributed by atoms with Crippen LogP contribution in [0.15, 0.2) is 71.2 Å². The number of halogens is 1. The van der Waals surface area contributed by atoms with Crippen molar-refractivity contribution in [3.05, 3.63) is 98.3 Å². The quantitative estimate of drug-likeness (QED) is 0.166. The van der Waals surface area contributed by atoms with Gasteiger partial charge < -0.3 is 9.47 Å². The maximum Gasteiger partial charge on any atom is 0.347 e. The van der Waals surface area contributed by atoms with Gasteiger partial charge in [-0.1, -0.05) is 68.4 Å². The molecule has 0 aliphatic heterocycles. The number of aryl methyl sites for hydroxylation is 4. The maximum absolute atomic E-state index is 12.8. The van der Waals surface area contributed by atoms with Crippen molar-refractivity contribution in [2.24, 2.45) is 0 Å². The van der Waals surface area contributed by atoms with E-state index < -0.39 is 6.10 Å². The number of hydrogen-bond donors (Lipinski definition) is 0. The lowest BCUT2D eigenvalue weighted by atomic mass is 9.89. The average Bonchev–Trinajstić information content (AvgIpc) is 3.27. The van der Waals surface area contributed by atoms with Gasteiger partial charge in [0, 0.05) is 21.2 Å². The summed E-state index contributed by atoms with van der Waals surface area (Å²) in [5.41, 5.74) is 6.99. The fraction of sp³-hybridized carbons (Fsp3) is 0.265. The van der Waals surface area contributed by atoms with Gasteiger partial charge in [-0.05, 0) is 98.9 Å². The second-order valence-electron chi connectivity index (χ2n) is 9.87. The molecule has 1 aromatic heterocycles. The van der Waals surface area contributed by atoms with E-state index in [1.165, 1.54) is 49.5 Å². The predicted molar refractivity (Wildman–Crippen MR) is 167 cm³/mol. The topological polar surface area (TPSA) is 35.5 Å². The highest BCUT2D eigenvalue weighted by Crippen LogP contribution is 2.48. The molecule has 39 heavy (non-hydrogen) atoms. The summed E-state index contributed by atoms with van der Waals surface area (Å²) < 4.78 is 14.1. The molecule has 0 spiro atoms. The van der Waals surface area contributed by atoms with Crippen molar-refractivity contribution in [1.82, 2.24) is 0 Å². The van der Waals surface area contributed by atoms with Crippen molar-refractivity contribution in [2.75, 3.05) is 7.11 Å². The molecule has 4 aromatic carbocycles. The predicted octanol–water partition coefficient (Wildman–Crippen LogP) is 9.39. The molecular weight excluding hydrogens is 568 g/mol. The highest BCUT2D eigenvalue weighted by molar-refractivity contribution is 9.11. The van der Waals surface area contributed by atoms with Gasteiger partial charge in [0.15, 0.2) is 6.10 Å². The summed E-state index contributed by atoms with van der Waals surface area (Å²) in [5, 5.41) is 3.75. The van der Waals surface area contributed by atoms with Crippen LogP contribution in [0.5, 0.6) is 5.75 Å².